The lowest BCUT2D eigenvalue weighted by Gasteiger charge is -2.27. The normalized spacial score (nSPS) is 22.4. The van der Waals surface area contributed by atoms with Gasteiger partial charge in [-0.3, -0.25) is 9.58 Å². The molecule has 1 saturated carbocycles. The van der Waals surface area contributed by atoms with Crippen molar-refractivity contribution >= 4 is 0 Å². The SMILES string of the molecule is Cc1cnn2c1CN(CC1CC1)CC2. The minimum Gasteiger partial charge on any atom is -0.295 e. The van der Waals surface area contributed by atoms with Crippen LogP contribution in [0.4, 0.5) is 0 Å². The summed E-state index contributed by atoms with van der Waals surface area (Å²) in [4.78, 5) is 2.58. The largest absolute Gasteiger partial charge is 0.295 e. The van der Waals surface area contributed by atoms with Crippen molar-refractivity contribution in [2.45, 2.75) is 32.9 Å². The maximum Gasteiger partial charge on any atom is 0.0554 e. The number of aryl methyl sites for hydroxylation is 1. The molecule has 1 aliphatic heterocycles. The fourth-order valence-electron chi connectivity index (χ4n) is 2.25. The van der Waals surface area contributed by atoms with Gasteiger partial charge >= 0.3 is 0 Å². The molecule has 14 heavy (non-hydrogen) atoms. The van der Waals surface area contributed by atoms with Gasteiger partial charge in [0.05, 0.1) is 18.4 Å². The maximum absolute atomic E-state index is 4.38. The molecule has 0 N–H and O–H groups in total. The average molecular weight is 191 g/mol. The maximum atomic E-state index is 4.38. The summed E-state index contributed by atoms with van der Waals surface area (Å²) in [5, 5.41) is 4.38. The number of aromatic nitrogens is 2. The fourth-order valence-corrected chi connectivity index (χ4v) is 2.25. The van der Waals surface area contributed by atoms with E-state index < -0.39 is 0 Å². The van der Waals surface area contributed by atoms with Gasteiger partial charge in [0.25, 0.3) is 0 Å². The Hall–Kier alpha value is -0.830. The van der Waals surface area contributed by atoms with Crippen LogP contribution in [0.2, 0.25) is 0 Å². The third-order valence-electron chi connectivity index (χ3n) is 3.37. The number of nitrogens with zero attached hydrogens (tertiary/aromatic N) is 3. The third-order valence-corrected chi connectivity index (χ3v) is 3.37. The molecule has 2 heterocycles. The topological polar surface area (TPSA) is 21.1 Å². The first-order chi connectivity index (χ1) is 6.83. The molecule has 0 spiro atoms. The highest BCUT2D eigenvalue weighted by Gasteiger charge is 2.26. The zero-order chi connectivity index (χ0) is 9.54. The van der Waals surface area contributed by atoms with Crippen molar-refractivity contribution in [2.24, 2.45) is 5.92 Å². The molecule has 76 valence electrons. The van der Waals surface area contributed by atoms with Gasteiger partial charge in [0.15, 0.2) is 0 Å². The number of hydrogen-bond acceptors (Lipinski definition) is 2. The van der Waals surface area contributed by atoms with E-state index >= 15 is 0 Å². The summed E-state index contributed by atoms with van der Waals surface area (Å²) in [5.41, 5.74) is 2.78. The van der Waals surface area contributed by atoms with Crippen LogP contribution in [0.1, 0.15) is 24.1 Å². The Balaban J connectivity index is 1.74. The summed E-state index contributed by atoms with van der Waals surface area (Å²) in [7, 11) is 0. The molecule has 0 atom stereocenters. The summed E-state index contributed by atoms with van der Waals surface area (Å²) in [6.45, 7) is 6.85. The molecule has 1 fully saturated rings. The van der Waals surface area contributed by atoms with Crippen molar-refractivity contribution in [3.8, 4) is 0 Å². The second kappa shape index (κ2) is 3.09. The summed E-state index contributed by atoms with van der Waals surface area (Å²) in [6.07, 6.45) is 4.90. The Morgan fingerprint density at radius 3 is 3.07 bits per heavy atom. The molecular formula is C11H17N3. The molecule has 0 amide bonds. The molecule has 3 nitrogen and oxygen atoms in total. The third kappa shape index (κ3) is 1.46. The van der Waals surface area contributed by atoms with Gasteiger partial charge in [-0.15, -0.1) is 0 Å². The Bertz CT molecular complexity index is 338. The van der Waals surface area contributed by atoms with E-state index in [2.05, 4.69) is 21.6 Å². The molecule has 2 aliphatic rings. The molecule has 0 aromatic carbocycles. The second-order valence-corrected chi connectivity index (χ2v) is 4.68. The Morgan fingerprint density at radius 2 is 2.29 bits per heavy atom. The Kier molecular flexibility index (Phi) is 1.87. The monoisotopic (exact) mass is 191 g/mol. The molecule has 3 heteroatoms. The Morgan fingerprint density at radius 1 is 1.43 bits per heavy atom. The van der Waals surface area contributed by atoms with Crippen LogP contribution in [-0.2, 0) is 13.1 Å². The molecule has 1 aromatic heterocycles. The zero-order valence-corrected chi connectivity index (χ0v) is 8.74. The van der Waals surface area contributed by atoms with E-state index in [4.69, 9.17) is 0 Å². The van der Waals surface area contributed by atoms with Gasteiger partial charge in [-0.1, -0.05) is 0 Å². The van der Waals surface area contributed by atoms with Gasteiger partial charge in [0, 0.05) is 19.6 Å². The van der Waals surface area contributed by atoms with E-state index in [-0.39, 0.29) is 0 Å². The van der Waals surface area contributed by atoms with Crippen LogP contribution in [0, 0.1) is 12.8 Å². The number of fused-ring (bicyclic) bond motifs is 1. The van der Waals surface area contributed by atoms with Gasteiger partial charge in [-0.25, -0.2) is 0 Å². The molecule has 1 aliphatic carbocycles. The first-order valence-corrected chi connectivity index (χ1v) is 5.56. The second-order valence-electron chi connectivity index (χ2n) is 4.68. The summed E-state index contributed by atoms with van der Waals surface area (Å²) >= 11 is 0. The van der Waals surface area contributed by atoms with Crippen LogP contribution in [0.3, 0.4) is 0 Å². The van der Waals surface area contributed by atoms with Gasteiger partial charge in [0.2, 0.25) is 0 Å². The molecule has 0 unspecified atom stereocenters. The standard InChI is InChI=1S/C11H17N3/c1-9-6-12-14-5-4-13(8-11(9)14)7-10-2-3-10/h6,10H,2-5,7-8H2,1H3. The zero-order valence-electron chi connectivity index (χ0n) is 8.74. The van der Waals surface area contributed by atoms with Crippen molar-refractivity contribution in [3.63, 3.8) is 0 Å². The first kappa shape index (κ1) is 8.48. The van der Waals surface area contributed by atoms with Crippen LogP contribution in [0.15, 0.2) is 6.20 Å². The molecule has 0 bridgehead atoms. The summed E-state index contributed by atoms with van der Waals surface area (Å²) in [5.74, 6) is 1.00. The highest BCUT2D eigenvalue weighted by atomic mass is 15.3. The minimum absolute atomic E-state index is 1.00. The van der Waals surface area contributed by atoms with Crippen molar-refractivity contribution < 1.29 is 0 Å². The van der Waals surface area contributed by atoms with E-state index in [1.54, 1.807) is 0 Å². The van der Waals surface area contributed by atoms with E-state index in [9.17, 15) is 0 Å². The Labute approximate surface area is 84.7 Å². The molecular weight excluding hydrogens is 174 g/mol. The molecule has 0 radical (unpaired) electrons. The number of hydrogen-bond donors (Lipinski definition) is 0. The highest BCUT2D eigenvalue weighted by Crippen LogP contribution is 2.30. The van der Waals surface area contributed by atoms with Crippen molar-refractivity contribution in [1.29, 1.82) is 0 Å². The molecule has 3 rings (SSSR count). The average Bonchev–Trinajstić information content (AvgIpc) is 2.92. The lowest BCUT2D eigenvalue weighted by Crippen LogP contribution is -2.35. The molecule has 1 aromatic rings. The van der Waals surface area contributed by atoms with Gasteiger partial charge < -0.3 is 0 Å². The van der Waals surface area contributed by atoms with E-state index in [1.807, 2.05) is 6.20 Å². The summed E-state index contributed by atoms with van der Waals surface area (Å²) in [6, 6.07) is 0. The van der Waals surface area contributed by atoms with Crippen LogP contribution >= 0.6 is 0 Å². The van der Waals surface area contributed by atoms with Crippen LogP contribution < -0.4 is 0 Å². The smallest absolute Gasteiger partial charge is 0.0554 e. The van der Waals surface area contributed by atoms with Crippen molar-refractivity contribution in [2.75, 3.05) is 13.1 Å². The van der Waals surface area contributed by atoms with Crippen molar-refractivity contribution in [3.05, 3.63) is 17.5 Å². The summed E-state index contributed by atoms with van der Waals surface area (Å²) < 4.78 is 2.17. The van der Waals surface area contributed by atoms with Crippen LogP contribution in [0.25, 0.3) is 0 Å². The minimum atomic E-state index is 1.00. The molecule has 0 saturated heterocycles. The van der Waals surface area contributed by atoms with E-state index in [1.165, 1.54) is 37.2 Å². The van der Waals surface area contributed by atoms with Gasteiger partial charge in [-0.05, 0) is 31.2 Å². The van der Waals surface area contributed by atoms with Crippen molar-refractivity contribution in [1.82, 2.24) is 14.7 Å². The first-order valence-electron chi connectivity index (χ1n) is 5.56. The number of rotatable bonds is 2. The predicted molar refractivity (Wildman–Crippen MR) is 55.0 cm³/mol. The predicted octanol–water partition coefficient (Wildman–Crippen LogP) is 1.42. The van der Waals surface area contributed by atoms with Gasteiger partial charge in [-0.2, -0.15) is 5.10 Å². The lowest BCUT2D eigenvalue weighted by atomic mass is 10.2. The highest BCUT2D eigenvalue weighted by molar-refractivity contribution is 5.16. The van der Waals surface area contributed by atoms with Gasteiger partial charge in [0.1, 0.15) is 0 Å². The lowest BCUT2D eigenvalue weighted by molar-refractivity contribution is 0.204. The quantitative estimate of drug-likeness (QED) is 0.705. The fraction of sp³-hybridized carbons (Fsp3) is 0.727. The van der Waals surface area contributed by atoms with Crippen LogP contribution in [-0.4, -0.2) is 27.8 Å². The van der Waals surface area contributed by atoms with E-state index in [0.717, 1.165) is 19.0 Å². The van der Waals surface area contributed by atoms with E-state index in [0.29, 0.717) is 0 Å². The van der Waals surface area contributed by atoms with Crippen LogP contribution in [0.5, 0.6) is 0 Å².